The van der Waals surface area contributed by atoms with Crippen LogP contribution in [0.15, 0.2) is 36.4 Å². The molecule has 3 heteroatoms. The maximum atomic E-state index is 5.93. The Labute approximate surface area is 132 Å². The first kappa shape index (κ1) is 14.9. The number of aryl methyl sites for hydroxylation is 1. The van der Waals surface area contributed by atoms with Crippen LogP contribution < -0.4 is 9.47 Å². The van der Waals surface area contributed by atoms with Gasteiger partial charge in [-0.15, -0.1) is 0 Å². The van der Waals surface area contributed by atoms with E-state index in [1.165, 1.54) is 19.3 Å². The third kappa shape index (κ3) is 3.59. The summed E-state index contributed by atoms with van der Waals surface area (Å²) in [4.78, 5) is 4.44. The van der Waals surface area contributed by atoms with Gasteiger partial charge in [-0.25, -0.2) is 4.98 Å². The van der Waals surface area contributed by atoms with Crippen LogP contribution >= 0.6 is 0 Å². The topological polar surface area (TPSA) is 31.4 Å². The van der Waals surface area contributed by atoms with Gasteiger partial charge in [0.1, 0.15) is 12.4 Å². The molecule has 2 aromatic rings. The minimum atomic E-state index is 0.488. The lowest BCUT2D eigenvalue weighted by molar-refractivity contribution is 0.179. The van der Waals surface area contributed by atoms with E-state index in [2.05, 4.69) is 11.9 Å². The van der Waals surface area contributed by atoms with Gasteiger partial charge in [0.05, 0.1) is 12.2 Å². The van der Waals surface area contributed by atoms with Crippen molar-refractivity contribution in [3.8, 4) is 11.6 Å². The molecule has 1 aliphatic carbocycles. The van der Waals surface area contributed by atoms with Crippen LogP contribution in [0, 0.1) is 19.8 Å². The van der Waals surface area contributed by atoms with Gasteiger partial charge in [-0.05, 0) is 38.2 Å². The van der Waals surface area contributed by atoms with Crippen LogP contribution in [0.1, 0.15) is 36.1 Å². The molecule has 3 nitrogen and oxygen atoms in total. The first-order valence-electron chi connectivity index (χ1n) is 7.85. The molecule has 1 aliphatic rings. The number of hydrogen-bond donors (Lipinski definition) is 0. The monoisotopic (exact) mass is 296 g/mol. The largest absolute Gasteiger partial charge is 0.493 e. The van der Waals surface area contributed by atoms with Gasteiger partial charge in [0.15, 0.2) is 0 Å². The lowest BCUT2D eigenvalue weighted by Crippen LogP contribution is -2.19. The summed E-state index contributed by atoms with van der Waals surface area (Å²) in [5.74, 6) is 2.05. The SMILES string of the molecule is [CH2]c1c(OCC2CCC2)cc(C)nc1OCc1ccccc1. The quantitative estimate of drug-likeness (QED) is 0.795. The number of aromatic nitrogens is 1. The minimum absolute atomic E-state index is 0.488. The predicted molar refractivity (Wildman–Crippen MR) is 87.0 cm³/mol. The molecule has 3 rings (SSSR count). The molecule has 0 N–H and O–H groups in total. The summed E-state index contributed by atoms with van der Waals surface area (Å²) in [5, 5.41) is 0. The van der Waals surface area contributed by atoms with Crippen LogP contribution in [0.5, 0.6) is 11.6 Å². The van der Waals surface area contributed by atoms with E-state index in [1.54, 1.807) is 0 Å². The fourth-order valence-corrected chi connectivity index (χ4v) is 2.48. The van der Waals surface area contributed by atoms with E-state index in [9.17, 15) is 0 Å². The first-order chi connectivity index (χ1) is 10.7. The van der Waals surface area contributed by atoms with Crippen LogP contribution in [0.4, 0.5) is 0 Å². The highest BCUT2D eigenvalue weighted by molar-refractivity contribution is 5.44. The molecule has 0 aliphatic heterocycles. The maximum Gasteiger partial charge on any atom is 0.220 e. The summed E-state index contributed by atoms with van der Waals surface area (Å²) < 4.78 is 11.8. The summed E-state index contributed by atoms with van der Waals surface area (Å²) in [6.07, 6.45) is 3.87. The standard InChI is InChI=1S/C19H22NO2/c1-14-11-18(21-12-17-9-6-10-17)15(2)19(20-14)22-13-16-7-4-3-5-8-16/h3-5,7-8,11,17H,2,6,9-10,12-13H2,1H3. The molecule has 1 aromatic carbocycles. The molecule has 0 spiro atoms. The Morgan fingerprint density at radius 1 is 1.18 bits per heavy atom. The van der Waals surface area contributed by atoms with Gasteiger partial charge in [-0.1, -0.05) is 36.8 Å². The zero-order valence-electron chi connectivity index (χ0n) is 13.0. The molecule has 0 unspecified atom stereocenters. The summed E-state index contributed by atoms with van der Waals surface area (Å²) in [7, 11) is 0. The molecule has 1 aromatic heterocycles. The Kier molecular flexibility index (Phi) is 4.62. The smallest absolute Gasteiger partial charge is 0.220 e. The van der Waals surface area contributed by atoms with Gasteiger partial charge in [0.25, 0.3) is 0 Å². The van der Waals surface area contributed by atoms with Gasteiger partial charge >= 0.3 is 0 Å². The Morgan fingerprint density at radius 2 is 1.95 bits per heavy atom. The van der Waals surface area contributed by atoms with Gasteiger partial charge in [0, 0.05) is 11.8 Å². The second kappa shape index (κ2) is 6.82. The van der Waals surface area contributed by atoms with E-state index < -0.39 is 0 Å². The number of ether oxygens (including phenoxy) is 2. The van der Waals surface area contributed by atoms with Crippen molar-refractivity contribution in [1.29, 1.82) is 0 Å². The molecule has 0 saturated heterocycles. The van der Waals surface area contributed by atoms with Crippen LogP contribution in [0.3, 0.4) is 0 Å². The number of nitrogens with zero attached hydrogens (tertiary/aromatic N) is 1. The Hall–Kier alpha value is -2.03. The molecular formula is C19H22NO2. The summed E-state index contributed by atoms with van der Waals surface area (Å²) in [5.41, 5.74) is 2.74. The van der Waals surface area contributed by atoms with E-state index >= 15 is 0 Å². The molecule has 115 valence electrons. The number of rotatable bonds is 6. The number of pyridine rings is 1. The van der Waals surface area contributed by atoms with Gasteiger partial charge in [0.2, 0.25) is 5.88 Å². The fourth-order valence-electron chi connectivity index (χ4n) is 2.48. The molecule has 0 atom stereocenters. The average Bonchev–Trinajstić information content (AvgIpc) is 2.48. The second-order valence-corrected chi connectivity index (χ2v) is 5.93. The third-order valence-corrected chi connectivity index (χ3v) is 4.09. The van der Waals surface area contributed by atoms with Gasteiger partial charge in [-0.2, -0.15) is 0 Å². The number of benzene rings is 1. The van der Waals surface area contributed by atoms with E-state index in [0.717, 1.165) is 29.2 Å². The minimum Gasteiger partial charge on any atom is -0.493 e. The highest BCUT2D eigenvalue weighted by Gasteiger charge is 2.19. The third-order valence-electron chi connectivity index (χ3n) is 4.09. The van der Waals surface area contributed by atoms with E-state index in [-0.39, 0.29) is 0 Å². The Balaban J connectivity index is 1.68. The van der Waals surface area contributed by atoms with E-state index in [4.69, 9.17) is 9.47 Å². The zero-order chi connectivity index (χ0) is 15.4. The Morgan fingerprint density at radius 3 is 2.64 bits per heavy atom. The fraction of sp³-hybridized carbons (Fsp3) is 0.368. The Bertz CT molecular complexity index is 621. The van der Waals surface area contributed by atoms with Crippen molar-refractivity contribution in [3.05, 3.63) is 60.1 Å². The van der Waals surface area contributed by atoms with Crippen molar-refractivity contribution in [3.63, 3.8) is 0 Å². The summed E-state index contributed by atoms with van der Waals surface area (Å²) >= 11 is 0. The van der Waals surface area contributed by atoms with Crippen molar-refractivity contribution in [2.24, 2.45) is 5.92 Å². The molecule has 22 heavy (non-hydrogen) atoms. The van der Waals surface area contributed by atoms with Crippen molar-refractivity contribution in [2.45, 2.75) is 32.8 Å². The van der Waals surface area contributed by atoms with E-state index in [1.807, 2.05) is 43.3 Å². The van der Waals surface area contributed by atoms with Crippen LogP contribution in [-0.4, -0.2) is 11.6 Å². The van der Waals surface area contributed by atoms with E-state index in [0.29, 0.717) is 18.4 Å². The molecule has 1 heterocycles. The molecule has 1 saturated carbocycles. The van der Waals surface area contributed by atoms with Crippen LogP contribution in [0.25, 0.3) is 0 Å². The van der Waals surface area contributed by atoms with Crippen molar-refractivity contribution >= 4 is 0 Å². The molecule has 0 amide bonds. The van der Waals surface area contributed by atoms with Crippen LogP contribution in [-0.2, 0) is 6.61 Å². The highest BCUT2D eigenvalue weighted by Crippen LogP contribution is 2.31. The molecule has 0 bridgehead atoms. The number of hydrogen-bond acceptors (Lipinski definition) is 3. The lowest BCUT2D eigenvalue weighted by Gasteiger charge is -2.25. The molecule has 1 radical (unpaired) electrons. The summed E-state index contributed by atoms with van der Waals surface area (Å²) in [6.45, 7) is 7.29. The maximum absolute atomic E-state index is 5.93. The van der Waals surface area contributed by atoms with Crippen LogP contribution in [0.2, 0.25) is 0 Å². The predicted octanol–water partition coefficient (Wildman–Crippen LogP) is 4.33. The van der Waals surface area contributed by atoms with Crippen molar-refractivity contribution < 1.29 is 9.47 Å². The molecule has 1 fully saturated rings. The van der Waals surface area contributed by atoms with Gasteiger partial charge < -0.3 is 9.47 Å². The van der Waals surface area contributed by atoms with Gasteiger partial charge in [-0.3, -0.25) is 0 Å². The lowest BCUT2D eigenvalue weighted by atomic mass is 9.86. The van der Waals surface area contributed by atoms with Crippen molar-refractivity contribution in [1.82, 2.24) is 4.98 Å². The second-order valence-electron chi connectivity index (χ2n) is 5.93. The highest BCUT2D eigenvalue weighted by atomic mass is 16.5. The molecular weight excluding hydrogens is 274 g/mol. The zero-order valence-corrected chi connectivity index (χ0v) is 13.0. The van der Waals surface area contributed by atoms with Crippen molar-refractivity contribution in [2.75, 3.05) is 6.61 Å². The first-order valence-corrected chi connectivity index (χ1v) is 7.85. The average molecular weight is 296 g/mol. The normalized spacial score (nSPS) is 14.5. The summed E-state index contributed by atoms with van der Waals surface area (Å²) in [6, 6.07) is 12.0.